The van der Waals surface area contributed by atoms with Crippen LogP contribution in [0.3, 0.4) is 0 Å². The van der Waals surface area contributed by atoms with Gasteiger partial charge in [-0.05, 0) is 6.07 Å². The van der Waals surface area contributed by atoms with E-state index in [1.165, 1.54) is 0 Å². The molecule has 1 aromatic heterocycles. The molecule has 0 aliphatic heterocycles. The second kappa shape index (κ2) is 3.00. The van der Waals surface area contributed by atoms with Crippen LogP contribution in [0.4, 0.5) is 18.9 Å². The molecule has 0 amide bonds. The van der Waals surface area contributed by atoms with Crippen molar-refractivity contribution in [2.45, 2.75) is 6.18 Å². The van der Waals surface area contributed by atoms with Crippen molar-refractivity contribution < 1.29 is 13.2 Å². The van der Waals surface area contributed by atoms with Crippen LogP contribution in [0.1, 0.15) is 5.56 Å². The Labute approximate surface area is 67.4 Å². The molecular formula is C7H6F3N2. The van der Waals surface area contributed by atoms with Crippen LogP contribution in [0.15, 0.2) is 18.5 Å². The summed E-state index contributed by atoms with van der Waals surface area (Å²) in [5.41, 5.74) is -0.877. The highest BCUT2D eigenvalue weighted by Gasteiger charge is 2.33. The SMILES string of the molecule is [CH2]Nc1cnccc1C(F)(F)F. The Morgan fingerprint density at radius 2 is 2.08 bits per heavy atom. The van der Waals surface area contributed by atoms with E-state index in [0.717, 1.165) is 18.5 Å². The molecule has 0 saturated heterocycles. The second-order valence-corrected chi connectivity index (χ2v) is 2.10. The van der Waals surface area contributed by atoms with E-state index in [9.17, 15) is 13.2 Å². The van der Waals surface area contributed by atoms with Crippen LogP contribution in [0, 0.1) is 7.05 Å². The van der Waals surface area contributed by atoms with Crippen molar-refractivity contribution in [3.05, 3.63) is 31.1 Å². The lowest BCUT2D eigenvalue weighted by Gasteiger charge is -2.10. The highest BCUT2D eigenvalue weighted by Crippen LogP contribution is 2.33. The Morgan fingerprint density at radius 1 is 1.42 bits per heavy atom. The topological polar surface area (TPSA) is 24.9 Å². The van der Waals surface area contributed by atoms with E-state index in [1.807, 2.05) is 0 Å². The fourth-order valence-corrected chi connectivity index (χ4v) is 0.783. The Balaban J connectivity index is 3.14. The zero-order valence-electron chi connectivity index (χ0n) is 6.02. The summed E-state index contributed by atoms with van der Waals surface area (Å²) in [7, 11) is 3.14. The molecule has 1 radical (unpaired) electrons. The van der Waals surface area contributed by atoms with Gasteiger partial charge in [0.15, 0.2) is 0 Å². The minimum atomic E-state index is -4.36. The third kappa shape index (κ3) is 1.66. The van der Waals surface area contributed by atoms with Crippen molar-refractivity contribution in [1.29, 1.82) is 0 Å². The third-order valence-corrected chi connectivity index (χ3v) is 1.32. The van der Waals surface area contributed by atoms with E-state index in [-0.39, 0.29) is 5.69 Å². The summed E-state index contributed by atoms with van der Waals surface area (Å²) in [5, 5.41) is 2.17. The zero-order valence-corrected chi connectivity index (χ0v) is 6.02. The largest absolute Gasteiger partial charge is 0.418 e. The summed E-state index contributed by atoms with van der Waals surface area (Å²) in [6.07, 6.45) is -2.19. The molecule has 1 aromatic rings. The first-order valence-electron chi connectivity index (χ1n) is 3.10. The molecule has 0 aliphatic carbocycles. The summed E-state index contributed by atoms with van der Waals surface area (Å²) < 4.78 is 36.4. The summed E-state index contributed by atoms with van der Waals surface area (Å²) >= 11 is 0. The smallest absolute Gasteiger partial charge is 0.382 e. The monoisotopic (exact) mass is 175 g/mol. The van der Waals surface area contributed by atoms with Gasteiger partial charge >= 0.3 is 6.18 Å². The number of hydrogen-bond acceptors (Lipinski definition) is 2. The van der Waals surface area contributed by atoms with E-state index in [2.05, 4.69) is 17.3 Å². The fraction of sp³-hybridized carbons (Fsp3) is 0.143. The summed E-state index contributed by atoms with van der Waals surface area (Å²) in [6, 6.07) is 0.896. The number of hydrogen-bond donors (Lipinski definition) is 1. The molecule has 1 rings (SSSR count). The predicted molar refractivity (Wildman–Crippen MR) is 38.2 cm³/mol. The van der Waals surface area contributed by atoms with Crippen molar-refractivity contribution in [2.75, 3.05) is 5.32 Å². The molecular weight excluding hydrogens is 169 g/mol. The van der Waals surface area contributed by atoms with E-state index < -0.39 is 11.7 Å². The first-order chi connectivity index (χ1) is 5.55. The van der Waals surface area contributed by atoms with E-state index in [4.69, 9.17) is 0 Å². The van der Waals surface area contributed by atoms with E-state index in [0.29, 0.717) is 0 Å². The van der Waals surface area contributed by atoms with Crippen LogP contribution in [0.5, 0.6) is 0 Å². The van der Waals surface area contributed by atoms with Crippen molar-refractivity contribution in [3.63, 3.8) is 0 Å². The average molecular weight is 175 g/mol. The number of pyridine rings is 1. The molecule has 2 nitrogen and oxygen atoms in total. The number of anilines is 1. The lowest BCUT2D eigenvalue weighted by molar-refractivity contribution is -0.137. The standard InChI is InChI=1S/C7H6F3N2/c1-11-6-4-12-3-2-5(6)7(8,9)10/h2-4,11H,1H2. The highest BCUT2D eigenvalue weighted by atomic mass is 19.4. The molecule has 5 heteroatoms. The maximum atomic E-state index is 12.1. The van der Waals surface area contributed by atoms with Crippen LogP contribution >= 0.6 is 0 Å². The fourth-order valence-electron chi connectivity index (χ4n) is 0.783. The molecule has 0 unspecified atom stereocenters. The van der Waals surface area contributed by atoms with Gasteiger partial charge in [0.25, 0.3) is 0 Å². The van der Waals surface area contributed by atoms with Crippen molar-refractivity contribution >= 4 is 5.69 Å². The lowest BCUT2D eigenvalue weighted by atomic mass is 10.2. The predicted octanol–water partition coefficient (Wildman–Crippen LogP) is 2.30. The molecule has 0 aliphatic rings. The number of aromatic nitrogens is 1. The van der Waals surface area contributed by atoms with Crippen molar-refractivity contribution in [3.8, 4) is 0 Å². The van der Waals surface area contributed by atoms with Gasteiger partial charge in [0.2, 0.25) is 0 Å². The molecule has 0 saturated carbocycles. The van der Waals surface area contributed by atoms with Gasteiger partial charge < -0.3 is 5.32 Å². The van der Waals surface area contributed by atoms with E-state index >= 15 is 0 Å². The minimum absolute atomic E-state index is 0.120. The quantitative estimate of drug-likeness (QED) is 0.708. The molecule has 12 heavy (non-hydrogen) atoms. The number of nitrogens with one attached hydrogen (secondary N) is 1. The number of alkyl halides is 3. The second-order valence-electron chi connectivity index (χ2n) is 2.10. The molecule has 65 valence electrons. The van der Waals surface area contributed by atoms with Gasteiger partial charge in [-0.15, -0.1) is 0 Å². The summed E-state index contributed by atoms with van der Waals surface area (Å²) in [5.74, 6) is 0. The molecule has 1 heterocycles. The molecule has 0 atom stereocenters. The van der Waals surface area contributed by atoms with Gasteiger partial charge in [-0.2, -0.15) is 13.2 Å². The van der Waals surface area contributed by atoms with Gasteiger partial charge in [-0.3, -0.25) is 4.98 Å². The van der Waals surface area contributed by atoms with E-state index in [1.54, 1.807) is 0 Å². The number of rotatable bonds is 1. The normalized spacial score (nSPS) is 11.3. The summed E-state index contributed by atoms with van der Waals surface area (Å²) in [4.78, 5) is 3.53. The number of nitrogens with zero attached hydrogens (tertiary/aromatic N) is 1. The number of halogens is 3. The first kappa shape index (κ1) is 8.83. The molecule has 0 aromatic carbocycles. The van der Waals surface area contributed by atoms with Crippen LogP contribution in [-0.2, 0) is 6.18 Å². The van der Waals surface area contributed by atoms with Crippen molar-refractivity contribution in [2.24, 2.45) is 0 Å². The Kier molecular flexibility index (Phi) is 2.21. The maximum absolute atomic E-state index is 12.1. The molecule has 0 bridgehead atoms. The van der Waals surface area contributed by atoms with Gasteiger partial charge in [0.05, 0.1) is 17.4 Å². The minimum Gasteiger partial charge on any atom is -0.382 e. The Morgan fingerprint density at radius 3 is 2.50 bits per heavy atom. The maximum Gasteiger partial charge on any atom is 0.418 e. The summed E-state index contributed by atoms with van der Waals surface area (Å²) in [6.45, 7) is 0. The van der Waals surface area contributed by atoms with Crippen LogP contribution in [0.25, 0.3) is 0 Å². The first-order valence-corrected chi connectivity index (χ1v) is 3.10. The van der Waals surface area contributed by atoms with Gasteiger partial charge in [-0.25, -0.2) is 0 Å². The molecule has 0 spiro atoms. The zero-order chi connectivity index (χ0) is 9.19. The lowest BCUT2D eigenvalue weighted by Crippen LogP contribution is -2.08. The van der Waals surface area contributed by atoms with Gasteiger partial charge in [0, 0.05) is 13.2 Å². The Hall–Kier alpha value is -1.26. The van der Waals surface area contributed by atoms with Crippen LogP contribution in [0.2, 0.25) is 0 Å². The average Bonchev–Trinajstić information content (AvgIpc) is 2.03. The van der Waals surface area contributed by atoms with Crippen molar-refractivity contribution in [1.82, 2.24) is 4.98 Å². The third-order valence-electron chi connectivity index (χ3n) is 1.32. The van der Waals surface area contributed by atoms with Gasteiger partial charge in [-0.1, -0.05) is 0 Å². The van der Waals surface area contributed by atoms with Crippen LogP contribution in [-0.4, -0.2) is 4.98 Å². The molecule has 1 N–H and O–H groups in total. The van der Waals surface area contributed by atoms with Crippen LogP contribution < -0.4 is 5.32 Å². The Bertz CT molecular complexity index is 270. The van der Waals surface area contributed by atoms with Gasteiger partial charge in [0.1, 0.15) is 0 Å². The highest BCUT2D eigenvalue weighted by molar-refractivity contribution is 5.50. The molecule has 0 fully saturated rings.